The lowest BCUT2D eigenvalue weighted by Crippen LogP contribution is -2.06. The van der Waals surface area contributed by atoms with E-state index in [4.69, 9.17) is 0 Å². The molecule has 0 radical (unpaired) electrons. The van der Waals surface area contributed by atoms with Crippen molar-refractivity contribution in [3.05, 3.63) is 88.2 Å². The number of hydrogen-bond donors (Lipinski definition) is 0. The molecule has 5 aromatic rings. The van der Waals surface area contributed by atoms with Gasteiger partial charge in [-0.1, -0.05) is 24.3 Å². The van der Waals surface area contributed by atoms with Crippen molar-refractivity contribution in [1.29, 1.82) is 5.26 Å². The number of fused-ring (bicyclic) bond motifs is 1. The first kappa shape index (κ1) is 18.9. The molecule has 30 heavy (non-hydrogen) atoms. The van der Waals surface area contributed by atoms with E-state index in [9.17, 15) is 13.9 Å². The number of halogens is 1. The third-order valence-electron chi connectivity index (χ3n) is 4.80. The average Bonchev–Trinajstić information content (AvgIpc) is 3.51. The maximum atomic E-state index is 13.7. The zero-order valence-corrected chi connectivity index (χ0v) is 17.9. The van der Waals surface area contributed by atoms with Crippen LogP contribution in [-0.2, 0) is 11.0 Å². The predicted molar refractivity (Wildman–Crippen MR) is 121 cm³/mol. The fourth-order valence-electron chi connectivity index (χ4n) is 3.54. The first-order valence-electron chi connectivity index (χ1n) is 9.02. The Kier molecular flexibility index (Phi) is 4.83. The van der Waals surface area contributed by atoms with Crippen molar-refractivity contribution in [3.8, 4) is 27.8 Å². The highest BCUT2D eigenvalue weighted by Crippen LogP contribution is 2.45. The number of nitrogens with zero attached hydrogens (tertiary/aromatic N) is 2. The summed E-state index contributed by atoms with van der Waals surface area (Å²) in [7, 11) is -1.60. The molecule has 2 aromatic carbocycles. The maximum absolute atomic E-state index is 13.7. The highest BCUT2D eigenvalue weighted by Gasteiger charge is 2.26. The van der Waals surface area contributed by atoms with Crippen LogP contribution in [0.4, 0.5) is 4.39 Å². The van der Waals surface area contributed by atoms with E-state index in [1.54, 1.807) is 27.4 Å². The van der Waals surface area contributed by atoms with Crippen LogP contribution >= 0.6 is 22.7 Å². The smallest absolute Gasteiger partial charge is 0.157 e. The highest BCUT2D eigenvalue weighted by molar-refractivity contribution is 7.83. The molecule has 0 N–H and O–H groups in total. The van der Waals surface area contributed by atoms with Crippen molar-refractivity contribution >= 4 is 44.6 Å². The molecule has 0 aliphatic rings. The second-order valence-corrected chi connectivity index (χ2v) is 9.69. The van der Waals surface area contributed by atoms with Crippen molar-refractivity contribution < 1.29 is 8.60 Å². The Morgan fingerprint density at radius 1 is 0.933 bits per heavy atom. The quantitative estimate of drug-likeness (QED) is 0.308. The summed E-state index contributed by atoms with van der Waals surface area (Å²) >= 11 is 2.94. The van der Waals surface area contributed by atoms with Gasteiger partial charge in [-0.2, -0.15) is 5.26 Å². The molecule has 146 valence electrons. The normalized spacial score (nSPS) is 12.1. The number of benzene rings is 2. The first-order valence-corrected chi connectivity index (χ1v) is 11.9. The molecule has 0 fully saturated rings. The Labute approximate surface area is 182 Å². The molecule has 0 amide bonds. The second kappa shape index (κ2) is 7.65. The van der Waals surface area contributed by atoms with Crippen LogP contribution < -0.4 is 0 Å². The molecular formula is C23H13FN2OS3. The Morgan fingerprint density at radius 2 is 1.73 bits per heavy atom. The standard InChI is InChI=1S/C23H13FN2OS3/c24-15-7-9-16(10-8-15)30(27)26-19-5-2-1-4-17(19)22(18-11-13-29-21(18)14-25)23(26)20-6-3-12-28-20/h1-13H. The molecule has 1 unspecified atom stereocenters. The minimum atomic E-state index is -1.60. The van der Waals surface area contributed by atoms with Gasteiger partial charge in [-0.3, -0.25) is 3.97 Å². The van der Waals surface area contributed by atoms with Gasteiger partial charge in [-0.15, -0.1) is 22.7 Å². The number of para-hydroxylation sites is 1. The van der Waals surface area contributed by atoms with Crippen molar-refractivity contribution in [3.63, 3.8) is 0 Å². The molecule has 3 aromatic heterocycles. The van der Waals surface area contributed by atoms with Gasteiger partial charge in [-0.25, -0.2) is 8.60 Å². The molecular weight excluding hydrogens is 435 g/mol. The van der Waals surface area contributed by atoms with Gasteiger partial charge in [0.1, 0.15) is 16.8 Å². The van der Waals surface area contributed by atoms with Crippen molar-refractivity contribution in [2.24, 2.45) is 0 Å². The Morgan fingerprint density at radius 3 is 2.47 bits per heavy atom. The Bertz CT molecular complexity index is 1420. The van der Waals surface area contributed by atoms with Crippen LogP contribution in [0.1, 0.15) is 4.88 Å². The minimum absolute atomic E-state index is 0.371. The number of rotatable bonds is 4. The molecule has 1 atom stereocenters. The fraction of sp³-hybridized carbons (Fsp3) is 0. The molecule has 0 aliphatic carbocycles. The molecule has 3 heterocycles. The highest BCUT2D eigenvalue weighted by atomic mass is 32.2. The third-order valence-corrected chi connectivity index (χ3v) is 7.89. The lowest BCUT2D eigenvalue weighted by molar-refractivity contribution is 0.626. The molecule has 0 saturated carbocycles. The molecule has 7 heteroatoms. The van der Waals surface area contributed by atoms with E-state index in [1.165, 1.54) is 23.5 Å². The Hall–Kier alpha value is -3.05. The zero-order chi connectivity index (χ0) is 20.7. The van der Waals surface area contributed by atoms with Gasteiger partial charge >= 0.3 is 0 Å². The van der Waals surface area contributed by atoms with Gasteiger partial charge in [0, 0.05) is 16.5 Å². The van der Waals surface area contributed by atoms with E-state index in [-0.39, 0.29) is 5.82 Å². The summed E-state index contributed by atoms with van der Waals surface area (Å²) in [6.07, 6.45) is 0. The largest absolute Gasteiger partial charge is 0.253 e. The van der Waals surface area contributed by atoms with E-state index < -0.39 is 11.0 Å². The van der Waals surface area contributed by atoms with Crippen LogP contribution in [0.15, 0.2) is 82.4 Å². The second-order valence-electron chi connectivity index (χ2n) is 6.49. The molecule has 0 saturated heterocycles. The number of hydrogen-bond acceptors (Lipinski definition) is 4. The van der Waals surface area contributed by atoms with Crippen LogP contribution in [0.2, 0.25) is 0 Å². The van der Waals surface area contributed by atoms with E-state index in [0.29, 0.717) is 9.77 Å². The predicted octanol–water partition coefficient (Wildman–Crippen LogP) is 6.68. The number of nitriles is 1. The summed E-state index contributed by atoms with van der Waals surface area (Å²) in [5, 5.41) is 14.4. The van der Waals surface area contributed by atoms with Gasteiger partial charge in [0.25, 0.3) is 0 Å². The summed E-state index contributed by atoms with van der Waals surface area (Å²) < 4.78 is 29.0. The van der Waals surface area contributed by atoms with Crippen molar-refractivity contribution in [2.45, 2.75) is 4.90 Å². The molecule has 0 aliphatic heterocycles. The SMILES string of the molecule is N#Cc1sccc1-c1c(-c2cccs2)n(S(=O)c2ccc(F)cc2)c2ccccc12. The van der Waals surface area contributed by atoms with E-state index in [1.807, 2.05) is 53.2 Å². The van der Waals surface area contributed by atoms with E-state index in [0.717, 1.165) is 32.6 Å². The summed E-state index contributed by atoms with van der Waals surface area (Å²) in [5.41, 5.74) is 3.32. The van der Waals surface area contributed by atoms with Crippen molar-refractivity contribution in [1.82, 2.24) is 3.97 Å². The Balaban J connectivity index is 1.90. The lowest BCUT2D eigenvalue weighted by Gasteiger charge is -2.11. The minimum Gasteiger partial charge on any atom is -0.253 e. The summed E-state index contributed by atoms with van der Waals surface area (Å²) in [6.45, 7) is 0. The number of aromatic nitrogens is 1. The van der Waals surface area contributed by atoms with Crippen molar-refractivity contribution in [2.75, 3.05) is 0 Å². The van der Waals surface area contributed by atoms with Gasteiger partial charge in [0.15, 0.2) is 11.0 Å². The molecule has 3 nitrogen and oxygen atoms in total. The summed E-state index contributed by atoms with van der Waals surface area (Å²) in [6, 6.07) is 21.6. The van der Waals surface area contributed by atoms with Gasteiger partial charge in [0.2, 0.25) is 0 Å². The topological polar surface area (TPSA) is 45.8 Å². The average molecular weight is 449 g/mol. The fourth-order valence-corrected chi connectivity index (χ4v) is 6.33. The van der Waals surface area contributed by atoms with Gasteiger partial charge in [0.05, 0.1) is 21.0 Å². The van der Waals surface area contributed by atoms with Crippen LogP contribution in [0, 0.1) is 17.1 Å². The van der Waals surface area contributed by atoms with Crippen LogP contribution in [0.3, 0.4) is 0 Å². The van der Waals surface area contributed by atoms with Gasteiger partial charge < -0.3 is 0 Å². The van der Waals surface area contributed by atoms with Gasteiger partial charge in [-0.05, 0) is 53.2 Å². The van der Waals surface area contributed by atoms with Crippen LogP contribution in [0.25, 0.3) is 32.6 Å². The lowest BCUT2D eigenvalue weighted by atomic mass is 10.0. The summed E-state index contributed by atoms with van der Waals surface area (Å²) in [5.74, 6) is -0.371. The van der Waals surface area contributed by atoms with Crippen LogP contribution in [0.5, 0.6) is 0 Å². The summed E-state index contributed by atoms with van der Waals surface area (Å²) in [4.78, 5) is 2.07. The molecule has 5 rings (SSSR count). The molecule has 0 bridgehead atoms. The zero-order valence-electron chi connectivity index (χ0n) is 15.4. The molecule has 0 spiro atoms. The first-order chi connectivity index (χ1) is 14.7. The monoisotopic (exact) mass is 448 g/mol. The van der Waals surface area contributed by atoms with E-state index >= 15 is 0 Å². The van der Waals surface area contributed by atoms with E-state index in [2.05, 4.69) is 6.07 Å². The maximum Gasteiger partial charge on any atom is 0.157 e. The van der Waals surface area contributed by atoms with Crippen LogP contribution in [-0.4, -0.2) is 8.18 Å². The third kappa shape index (κ3) is 3.01. The number of thiophene rings is 2.